The SMILES string of the molecule is CC(=O)c1ccc(NC(=O)CSc2nnc(NC(=O)CN3CCCCC3)s2)cc1. The monoisotopic (exact) mass is 433 g/mol. The highest BCUT2D eigenvalue weighted by Gasteiger charge is 2.16. The van der Waals surface area contributed by atoms with Crippen LogP contribution in [0.5, 0.6) is 0 Å². The predicted octanol–water partition coefficient (Wildman–Crippen LogP) is 2.90. The van der Waals surface area contributed by atoms with E-state index in [4.69, 9.17) is 0 Å². The van der Waals surface area contributed by atoms with Crippen LogP contribution in [-0.4, -0.2) is 58.1 Å². The van der Waals surface area contributed by atoms with Crippen LogP contribution in [0.15, 0.2) is 28.6 Å². The number of ketones is 1. The van der Waals surface area contributed by atoms with E-state index in [9.17, 15) is 14.4 Å². The minimum Gasteiger partial charge on any atom is -0.325 e. The maximum atomic E-state index is 12.1. The number of aromatic nitrogens is 2. The number of benzene rings is 1. The lowest BCUT2D eigenvalue weighted by Crippen LogP contribution is -2.36. The Morgan fingerprint density at radius 3 is 2.45 bits per heavy atom. The number of amides is 2. The molecule has 1 aromatic carbocycles. The Hall–Kier alpha value is -2.30. The second-order valence-electron chi connectivity index (χ2n) is 6.73. The van der Waals surface area contributed by atoms with Gasteiger partial charge in [-0.3, -0.25) is 24.6 Å². The summed E-state index contributed by atoms with van der Waals surface area (Å²) in [5.74, 6) is -0.124. The average Bonchev–Trinajstić information content (AvgIpc) is 3.14. The largest absolute Gasteiger partial charge is 0.325 e. The molecule has 0 aliphatic carbocycles. The Balaban J connectivity index is 1.41. The number of nitrogens with one attached hydrogen (secondary N) is 2. The first kappa shape index (κ1) is 21.4. The van der Waals surface area contributed by atoms with Gasteiger partial charge in [-0.25, -0.2) is 0 Å². The van der Waals surface area contributed by atoms with Gasteiger partial charge in [-0.05, 0) is 57.1 Å². The zero-order valence-electron chi connectivity index (χ0n) is 16.1. The number of nitrogens with zero attached hydrogens (tertiary/aromatic N) is 3. The molecule has 0 saturated carbocycles. The second-order valence-corrected chi connectivity index (χ2v) is 8.93. The van der Waals surface area contributed by atoms with Gasteiger partial charge in [-0.15, -0.1) is 10.2 Å². The zero-order chi connectivity index (χ0) is 20.6. The van der Waals surface area contributed by atoms with Crippen LogP contribution >= 0.6 is 23.1 Å². The lowest BCUT2D eigenvalue weighted by atomic mass is 10.1. The Morgan fingerprint density at radius 1 is 1.03 bits per heavy atom. The standard InChI is InChI=1S/C19H23N5O3S2/c1-13(25)14-5-7-15(8-6-14)20-17(27)12-28-19-23-22-18(29-19)21-16(26)11-24-9-3-2-4-10-24/h5-8H,2-4,9-12H2,1H3,(H,20,27)(H,21,22,26). The number of thioether (sulfide) groups is 1. The van der Waals surface area contributed by atoms with Crippen LogP contribution in [-0.2, 0) is 9.59 Å². The van der Waals surface area contributed by atoms with Gasteiger partial charge in [0, 0.05) is 11.3 Å². The molecule has 3 rings (SSSR count). The number of carbonyl (C=O) groups excluding carboxylic acids is 3. The summed E-state index contributed by atoms with van der Waals surface area (Å²) in [5, 5.41) is 14.0. The normalized spacial score (nSPS) is 14.4. The van der Waals surface area contributed by atoms with Gasteiger partial charge < -0.3 is 5.32 Å². The lowest BCUT2D eigenvalue weighted by Gasteiger charge is -2.25. The van der Waals surface area contributed by atoms with E-state index < -0.39 is 0 Å². The summed E-state index contributed by atoms with van der Waals surface area (Å²) >= 11 is 2.51. The molecule has 1 saturated heterocycles. The van der Waals surface area contributed by atoms with E-state index >= 15 is 0 Å². The Bertz CT molecular complexity index is 863. The highest BCUT2D eigenvalue weighted by atomic mass is 32.2. The molecule has 1 aromatic heterocycles. The van der Waals surface area contributed by atoms with Crippen molar-refractivity contribution >= 4 is 51.5 Å². The van der Waals surface area contributed by atoms with Crippen LogP contribution in [0.4, 0.5) is 10.8 Å². The lowest BCUT2D eigenvalue weighted by molar-refractivity contribution is -0.117. The molecular weight excluding hydrogens is 410 g/mol. The summed E-state index contributed by atoms with van der Waals surface area (Å²) in [6.07, 6.45) is 3.50. The first-order valence-corrected chi connectivity index (χ1v) is 11.2. The Morgan fingerprint density at radius 2 is 1.76 bits per heavy atom. The minimum absolute atomic E-state index is 0.0199. The van der Waals surface area contributed by atoms with Crippen molar-refractivity contribution in [2.24, 2.45) is 0 Å². The fraction of sp³-hybridized carbons (Fsp3) is 0.421. The average molecular weight is 434 g/mol. The molecule has 0 unspecified atom stereocenters. The summed E-state index contributed by atoms with van der Waals surface area (Å²) in [7, 11) is 0. The van der Waals surface area contributed by atoms with Crippen LogP contribution in [0.25, 0.3) is 0 Å². The number of hydrogen-bond donors (Lipinski definition) is 2. The molecule has 2 aromatic rings. The molecule has 1 aliphatic rings. The molecule has 10 heteroatoms. The van der Waals surface area contributed by atoms with Crippen molar-refractivity contribution in [1.82, 2.24) is 15.1 Å². The fourth-order valence-corrected chi connectivity index (χ4v) is 4.48. The van der Waals surface area contributed by atoms with Crippen molar-refractivity contribution in [3.05, 3.63) is 29.8 Å². The first-order valence-electron chi connectivity index (χ1n) is 9.39. The van der Waals surface area contributed by atoms with E-state index in [2.05, 4.69) is 25.7 Å². The van der Waals surface area contributed by atoms with E-state index in [1.54, 1.807) is 24.3 Å². The van der Waals surface area contributed by atoms with Gasteiger partial charge in [0.2, 0.25) is 16.9 Å². The zero-order valence-corrected chi connectivity index (χ0v) is 17.8. The van der Waals surface area contributed by atoms with E-state index in [1.807, 2.05) is 0 Å². The van der Waals surface area contributed by atoms with Crippen molar-refractivity contribution < 1.29 is 14.4 Å². The number of anilines is 2. The molecule has 0 radical (unpaired) electrons. The topological polar surface area (TPSA) is 104 Å². The number of carbonyl (C=O) groups is 3. The number of rotatable bonds is 8. The molecule has 29 heavy (non-hydrogen) atoms. The highest BCUT2D eigenvalue weighted by Crippen LogP contribution is 2.25. The summed E-state index contributed by atoms with van der Waals surface area (Å²) in [5.41, 5.74) is 1.23. The van der Waals surface area contributed by atoms with Crippen molar-refractivity contribution in [1.29, 1.82) is 0 Å². The van der Waals surface area contributed by atoms with E-state index in [-0.39, 0.29) is 23.4 Å². The van der Waals surface area contributed by atoms with Crippen LogP contribution in [0.1, 0.15) is 36.5 Å². The molecule has 1 fully saturated rings. The molecule has 2 amide bonds. The van der Waals surface area contributed by atoms with Gasteiger partial charge in [-0.1, -0.05) is 29.5 Å². The third kappa shape index (κ3) is 6.91. The van der Waals surface area contributed by atoms with Crippen molar-refractivity contribution in [2.45, 2.75) is 30.5 Å². The second kappa shape index (κ2) is 10.5. The third-order valence-corrected chi connectivity index (χ3v) is 6.34. The van der Waals surface area contributed by atoms with Crippen molar-refractivity contribution in [3.8, 4) is 0 Å². The molecule has 0 bridgehead atoms. The van der Waals surface area contributed by atoms with Crippen LogP contribution < -0.4 is 10.6 Å². The quantitative estimate of drug-likeness (QED) is 0.375. The Labute approximate surface area is 177 Å². The van der Waals surface area contributed by atoms with Gasteiger partial charge in [-0.2, -0.15) is 0 Å². The molecule has 0 spiro atoms. The number of Topliss-reactive ketones (excluding diaryl/α,β-unsaturated/α-hetero) is 1. The van der Waals surface area contributed by atoms with E-state index in [0.717, 1.165) is 25.9 Å². The molecule has 1 aliphatic heterocycles. The molecular formula is C19H23N5O3S2. The number of piperidine rings is 1. The number of hydrogen-bond acceptors (Lipinski definition) is 8. The summed E-state index contributed by atoms with van der Waals surface area (Å²) in [6, 6.07) is 6.74. The maximum absolute atomic E-state index is 12.1. The highest BCUT2D eigenvalue weighted by molar-refractivity contribution is 8.01. The Kier molecular flexibility index (Phi) is 7.73. The molecule has 2 heterocycles. The number of likely N-dealkylation sites (tertiary alicyclic amines) is 1. The fourth-order valence-electron chi connectivity index (χ4n) is 2.91. The van der Waals surface area contributed by atoms with Gasteiger partial charge >= 0.3 is 0 Å². The molecule has 2 N–H and O–H groups in total. The van der Waals surface area contributed by atoms with Crippen LogP contribution in [0.3, 0.4) is 0 Å². The summed E-state index contributed by atoms with van der Waals surface area (Å²) in [6.45, 7) is 3.78. The molecule has 0 atom stereocenters. The van der Waals surface area contributed by atoms with Crippen molar-refractivity contribution in [2.75, 3.05) is 36.0 Å². The van der Waals surface area contributed by atoms with E-state index in [0.29, 0.717) is 27.3 Å². The van der Waals surface area contributed by atoms with Crippen LogP contribution in [0.2, 0.25) is 0 Å². The summed E-state index contributed by atoms with van der Waals surface area (Å²) < 4.78 is 0.611. The molecule has 154 valence electrons. The van der Waals surface area contributed by atoms with Gasteiger partial charge in [0.15, 0.2) is 10.1 Å². The first-order chi connectivity index (χ1) is 14.0. The maximum Gasteiger partial charge on any atom is 0.240 e. The van der Waals surface area contributed by atoms with Crippen LogP contribution in [0, 0.1) is 0 Å². The molecule has 8 nitrogen and oxygen atoms in total. The van der Waals surface area contributed by atoms with Gasteiger partial charge in [0.1, 0.15) is 0 Å². The predicted molar refractivity (Wildman–Crippen MR) is 115 cm³/mol. The smallest absolute Gasteiger partial charge is 0.240 e. The third-order valence-electron chi connectivity index (χ3n) is 4.37. The van der Waals surface area contributed by atoms with Gasteiger partial charge in [0.05, 0.1) is 12.3 Å². The van der Waals surface area contributed by atoms with Crippen molar-refractivity contribution in [3.63, 3.8) is 0 Å². The van der Waals surface area contributed by atoms with Gasteiger partial charge in [0.25, 0.3) is 0 Å². The van der Waals surface area contributed by atoms with E-state index in [1.165, 1.54) is 36.4 Å². The summed E-state index contributed by atoms with van der Waals surface area (Å²) in [4.78, 5) is 37.6. The minimum atomic E-state index is -0.184.